The van der Waals surface area contributed by atoms with Gasteiger partial charge in [0, 0.05) is 0 Å². The number of hydrogen-bond donors (Lipinski definition) is 2. The van der Waals surface area contributed by atoms with Crippen molar-refractivity contribution in [2.75, 3.05) is 14.2 Å². The third-order valence-corrected chi connectivity index (χ3v) is 5.13. The van der Waals surface area contributed by atoms with E-state index in [9.17, 15) is 19.8 Å². The van der Waals surface area contributed by atoms with Gasteiger partial charge in [0.1, 0.15) is 24.0 Å². The van der Waals surface area contributed by atoms with Crippen LogP contribution in [-0.4, -0.2) is 36.4 Å². The number of esters is 2. The highest BCUT2D eigenvalue weighted by Crippen LogP contribution is 2.52. The van der Waals surface area contributed by atoms with Gasteiger partial charge in [-0.25, -0.2) is 0 Å². The highest BCUT2D eigenvalue weighted by molar-refractivity contribution is 5.89. The summed E-state index contributed by atoms with van der Waals surface area (Å²) >= 11 is 0. The van der Waals surface area contributed by atoms with E-state index in [4.69, 9.17) is 18.9 Å². The van der Waals surface area contributed by atoms with E-state index in [1.54, 1.807) is 12.1 Å². The molecule has 0 amide bonds. The summed E-state index contributed by atoms with van der Waals surface area (Å²) in [4.78, 5) is 25.2. The summed E-state index contributed by atoms with van der Waals surface area (Å²) in [5.74, 6) is -2.45. The Morgan fingerprint density at radius 2 is 1.14 bits per heavy atom. The smallest absolute Gasteiger partial charge is 0.314 e. The average Bonchev–Trinajstić information content (AvgIpc) is 3.21. The molecule has 0 radical (unpaired) electrons. The Balaban J connectivity index is 1.69. The van der Waals surface area contributed by atoms with Crippen LogP contribution in [0.2, 0.25) is 0 Å². The fraction of sp³-hybridized carbons (Fsp3) is 0.300. The number of methoxy groups -OCH3 is 2. The maximum absolute atomic E-state index is 12.6. The van der Waals surface area contributed by atoms with Crippen LogP contribution in [0.3, 0.4) is 0 Å². The van der Waals surface area contributed by atoms with Crippen molar-refractivity contribution in [1.29, 1.82) is 0 Å². The molecule has 146 valence electrons. The standard InChI is InChI=1S/C20H18O8/c1-25-13-7-9(3-5-11(13)21)17-15-16(20(24)27-17)18(28-19(15)23)10-4-6-12(22)14(8-10)26-2/h3-8,15-18,21-22H,1-2H3/t15-,16-,17+,18?/m0/s1. The van der Waals surface area contributed by atoms with Crippen molar-refractivity contribution in [3.63, 3.8) is 0 Å². The summed E-state index contributed by atoms with van der Waals surface area (Å²) in [5, 5.41) is 19.6. The second kappa shape index (κ2) is 6.63. The first kappa shape index (κ1) is 18.0. The molecule has 4 atom stereocenters. The zero-order chi connectivity index (χ0) is 20.0. The largest absolute Gasteiger partial charge is 0.504 e. The van der Waals surface area contributed by atoms with Gasteiger partial charge in [0.15, 0.2) is 23.0 Å². The summed E-state index contributed by atoms with van der Waals surface area (Å²) in [5.41, 5.74) is 1.05. The van der Waals surface area contributed by atoms with Gasteiger partial charge in [-0.2, -0.15) is 0 Å². The van der Waals surface area contributed by atoms with Crippen molar-refractivity contribution < 1.29 is 38.7 Å². The number of carbonyl (C=O) groups excluding carboxylic acids is 2. The van der Waals surface area contributed by atoms with Gasteiger partial charge in [-0.15, -0.1) is 0 Å². The molecule has 1 unspecified atom stereocenters. The van der Waals surface area contributed by atoms with Gasteiger partial charge in [-0.1, -0.05) is 12.1 Å². The Labute approximate surface area is 160 Å². The molecule has 0 aromatic heterocycles. The summed E-state index contributed by atoms with van der Waals surface area (Å²) in [6.45, 7) is 0. The molecule has 2 aromatic carbocycles. The van der Waals surface area contributed by atoms with Crippen molar-refractivity contribution >= 4 is 11.9 Å². The molecule has 2 N–H and O–H groups in total. The predicted octanol–water partition coefficient (Wildman–Crippen LogP) is 2.24. The van der Waals surface area contributed by atoms with E-state index in [2.05, 4.69) is 0 Å². The molecule has 2 heterocycles. The summed E-state index contributed by atoms with van der Waals surface area (Å²) in [7, 11) is 2.81. The van der Waals surface area contributed by atoms with Crippen LogP contribution < -0.4 is 9.47 Å². The molecule has 0 spiro atoms. The number of phenols is 2. The highest BCUT2D eigenvalue weighted by Gasteiger charge is 2.60. The van der Waals surface area contributed by atoms with Gasteiger partial charge in [0.25, 0.3) is 0 Å². The molecule has 2 aliphatic heterocycles. The van der Waals surface area contributed by atoms with Gasteiger partial charge in [-0.05, 0) is 35.4 Å². The lowest BCUT2D eigenvalue weighted by Gasteiger charge is -2.16. The van der Waals surface area contributed by atoms with Crippen molar-refractivity contribution in [3.05, 3.63) is 47.5 Å². The molecule has 8 heteroatoms. The molecule has 0 bridgehead atoms. The molecule has 4 rings (SSSR count). The topological polar surface area (TPSA) is 112 Å². The van der Waals surface area contributed by atoms with E-state index in [1.807, 2.05) is 0 Å². The molecule has 28 heavy (non-hydrogen) atoms. The van der Waals surface area contributed by atoms with Gasteiger partial charge in [0.05, 0.1) is 14.2 Å². The number of benzene rings is 2. The van der Waals surface area contributed by atoms with Crippen LogP contribution in [0.4, 0.5) is 0 Å². The van der Waals surface area contributed by atoms with Crippen molar-refractivity contribution in [3.8, 4) is 23.0 Å². The molecule has 2 aliphatic rings. The Morgan fingerprint density at radius 3 is 1.50 bits per heavy atom. The molecule has 2 aromatic rings. The van der Waals surface area contributed by atoms with Crippen LogP contribution in [0.15, 0.2) is 36.4 Å². The number of fused-ring (bicyclic) bond motifs is 1. The first-order valence-electron chi connectivity index (χ1n) is 8.59. The van der Waals surface area contributed by atoms with Crippen LogP contribution in [0.25, 0.3) is 0 Å². The highest BCUT2D eigenvalue weighted by atomic mass is 16.6. The van der Waals surface area contributed by atoms with Crippen LogP contribution >= 0.6 is 0 Å². The van der Waals surface area contributed by atoms with E-state index >= 15 is 0 Å². The molecule has 2 saturated heterocycles. The number of hydrogen-bond acceptors (Lipinski definition) is 8. The maximum atomic E-state index is 12.6. The second-order valence-corrected chi connectivity index (χ2v) is 6.63. The van der Waals surface area contributed by atoms with E-state index in [-0.39, 0.29) is 23.0 Å². The Bertz CT molecular complexity index is 876. The monoisotopic (exact) mass is 386 g/mol. The SMILES string of the molecule is COc1cc(C2OC(=O)[C@@H]3[C@@H](c4ccc(O)c(OC)c4)OC(=O)[C@H]23)ccc1O. The third kappa shape index (κ3) is 2.69. The number of ether oxygens (including phenoxy) is 4. The third-order valence-electron chi connectivity index (χ3n) is 5.13. The number of rotatable bonds is 4. The van der Waals surface area contributed by atoms with Crippen molar-refractivity contribution in [2.24, 2.45) is 11.8 Å². The molecule has 2 fully saturated rings. The van der Waals surface area contributed by atoms with E-state index in [1.165, 1.54) is 38.5 Å². The normalized spacial score (nSPS) is 25.8. The van der Waals surface area contributed by atoms with Gasteiger partial charge < -0.3 is 29.2 Å². The number of cyclic esters (lactones) is 2. The first-order chi connectivity index (χ1) is 13.4. The van der Waals surface area contributed by atoms with E-state index in [0.29, 0.717) is 11.1 Å². The summed E-state index contributed by atoms with van der Waals surface area (Å²) < 4.78 is 21.2. The average molecular weight is 386 g/mol. The number of phenolic OH excluding ortho intramolecular Hbond substituents is 2. The molecular formula is C20H18O8. The van der Waals surface area contributed by atoms with Gasteiger partial charge >= 0.3 is 11.9 Å². The van der Waals surface area contributed by atoms with Crippen molar-refractivity contribution in [1.82, 2.24) is 0 Å². The first-order valence-corrected chi connectivity index (χ1v) is 8.59. The Hall–Kier alpha value is -3.42. The van der Waals surface area contributed by atoms with Crippen molar-refractivity contribution in [2.45, 2.75) is 12.2 Å². The lowest BCUT2D eigenvalue weighted by molar-refractivity contribution is -0.154. The second-order valence-electron chi connectivity index (χ2n) is 6.63. The minimum Gasteiger partial charge on any atom is -0.504 e. The van der Waals surface area contributed by atoms with Crippen LogP contribution in [0.5, 0.6) is 23.0 Å². The number of carbonyl (C=O) groups is 2. The van der Waals surface area contributed by atoms with E-state index in [0.717, 1.165) is 0 Å². The number of aromatic hydroxyl groups is 2. The van der Waals surface area contributed by atoms with Crippen LogP contribution in [0.1, 0.15) is 23.3 Å². The predicted molar refractivity (Wildman–Crippen MR) is 94.0 cm³/mol. The summed E-state index contributed by atoms with van der Waals surface area (Å²) in [6, 6.07) is 9.03. The Kier molecular flexibility index (Phi) is 4.26. The minimum absolute atomic E-state index is 0.0600. The van der Waals surface area contributed by atoms with Gasteiger partial charge in [0.2, 0.25) is 0 Å². The zero-order valence-corrected chi connectivity index (χ0v) is 15.1. The van der Waals surface area contributed by atoms with Gasteiger partial charge in [-0.3, -0.25) is 9.59 Å². The maximum Gasteiger partial charge on any atom is 0.314 e. The zero-order valence-electron chi connectivity index (χ0n) is 15.1. The van der Waals surface area contributed by atoms with Crippen LogP contribution in [-0.2, 0) is 19.1 Å². The molecule has 0 saturated carbocycles. The Morgan fingerprint density at radius 1 is 0.750 bits per heavy atom. The fourth-order valence-electron chi connectivity index (χ4n) is 3.76. The quantitative estimate of drug-likeness (QED) is 0.770. The molecule has 8 nitrogen and oxygen atoms in total. The summed E-state index contributed by atoms with van der Waals surface area (Å²) in [6.07, 6.45) is -1.69. The minimum atomic E-state index is -0.844. The fourth-order valence-corrected chi connectivity index (χ4v) is 3.76. The molecular weight excluding hydrogens is 368 g/mol. The lowest BCUT2D eigenvalue weighted by atomic mass is 9.84. The van der Waals surface area contributed by atoms with E-state index < -0.39 is 36.0 Å². The van der Waals surface area contributed by atoms with Crippen LogP contribution in [0, 0.1) is 11.8 Å². The molecule has 0 aliphatic carbocycles. The lowest BCUT2D eigenvalue weighted by Crippen LogP contribution is -2.19.